The second-order valence-electron chi connectivity index (χ2n) is 7.01. The number of ketones is 1. The highest BCUT2D eigenvalue weighted by Crippen LogP contribution is 2.22. The lowest BCUT2D eigenvalue weighted by atomic mass is 9.97. The molecular formula is C23H24N2O4. The summed E-state index contributed by atoms with van der Waals surface area (Å²) in [4.78, 5) is 40.7. The molecule has 150 valence electrons. The highest BCUT2D eigenvalue weighted by molar-refractivity contribution is 6.16. The Labute approximate surface area is 168 Å². The molecule has 1 N–H and O–H groups in total. The molecule has 0 aliphatic carbocycles. The Kier molecular flexibility index (Phi) is 6.24. The second-order valence-corrected chi connectivity index (χ2v) is 7.01. The van der Waals surface area contributed by atoms with Crippen molar-refractivity contribution in [3.63, 3.8) is 0 Å². The van der Waals surface area contributed by atoms with Gasteiger partial charge in [0, 0.05) is 11.1 Å². The summed E-state index contributed by atoms with van der Waals surface area (Å²) in [6, 6.07) is 12.9. The molecule has 0 amide bonds. The zero-order valence-corrected chi connectivity index (χ0v) is 16.8. The minimum atomic E-state index is -0.659. The first-order valence-corrected chi connectivity index (χ1v) is 9.53. The van der Waals surface area contributed by atoms with Gasteiger partial charge in [0.1, 0.15) is 12.4 Å². The van der Waals surface area contributed by atoms with Gasteiger partial charge in [-0.2, -0.15) is 0 Å². The van der Waals surface area contributed by atoms with E-state index >= 15 is 0 Å². The van der Waals surface area contributed by atoms with Crippen LogP contribution in [0.15, 0.2) is 63.7 Å². The minimum Gasteiger partial charge on any atom is -0.357 e. The van der Waals surface area contributed by atoms with Crippen LogP contribution in [0.5, 0.6) is 0 Å². The van der Waals surface area contributed by atoms with Crippen LogP contribution in [0.3, 0.4) is 0 Å². The smallest absolute Gasteiger partial charge is 0.330 e. The van der Waals surface area contributed by atoms with Gasteiger partial charge >= 0.3 is 5.69 Å². The molecule has 0 atom stereocenters. The fourth-order valence-electron chi connectivity index (χ4n) is 3.24. The van der Waals surface area contributed by atoms with Crippen LogP contribution >= 0.6 is 0 Å². The van der Waals surface area contributed by atoms with E-state index in [1.807, 2.05) is 50.3 Å². The lowest BCUT2D eigenvalue weighted by Crippen LogP contribution is -2.38. The van der Waals surface area contributed by atoms with E-state index in [1.165, 1.54) is 4.57 Å². The number of carbonyl (C=O) groups excluding carboxylic acids is 1. The average Bonchev–Trinajstić information content (AvgIpc) is 2.70. The molecule has 0 unspecified atom stereocenters. The van der Waals surface area contributed by atoms with Crippen LogP contribution in [0.25, 0.3) is 10.8 Å². The Morgan fingerprint density at radius 2 is 1.83 bits per heavy atom. The number of allylic oxidation sites excluding steroid dienone is 1. The number of carbonyl (C=O) groups is 1. The summed E-state index contributed by atoms with van der Waals surface area (Å²) >= 11 is 0. The van der Waals surface area contributed by atoms with Gasteiger partial charge in [-0.25, -0.2) is 4.79 Å². The third-order valence-electron chi connectivity index (χ3n) is 4.73. The molecule has 0 spiro atoms. The van der Waals surface area contributed by atoms with E-state index in [0.717, 1.165) is 16.3 Å². The topological polar surface area (TPSA) is 81.2 Å². The van der Waals surface area contributed by atoms with Gasteiger partial charge in [-0.1, -0.05) is 61.0 Å². The van der Waals surface area contributed by atoms with Crippen molar-refractivity contribution in [2.45, 2.75) is 33.9 Å². The Balaban J connectivity index is 2.15. The van der Waals surface area contributed by atoms with Gasteiger partial charge in [0.05, 0.1) is 6.61 Å². The van der Waals surface area contributed by atoms with E-state index in [9.17, 15) is 14.4 Å². The number of ether oxygens (including phenoxy) is 1. The van der Waals surface area contributed by atoms with Crippen LogP contribution in [0, 0.1) is 0 Å². The van der Waals surface area contributed by atoms with E-state index in [2.05, 4.69) is 4.98 Å². The van der Waals surface area contributed by atoms with E-state index in [4.69, 9.17) is 4.74 Å². The van der Waals surface area contributed by atoms with Crippen molar-refractivity contribution in [3.8, 4) is 0 Å². The van der Waals surface area contributed by atoms with Gasteiger partial charge in [0.2, 0.25) is 5.78 Å². The predicted octanol–water partition coefficient (Wildman–Crippen LogP) is 3.42. The molecule has 1 aromatic heterocycles. The van der Waals surface area contributed by atoms with Crippen LogP contribution < -0.4 is 11.2 Å². The Hall–Kier alpha value is -3.25. The third-order valence-corrected chi connectivity index (χ3v) is 4.73. The number of hydrogen-bond donors (Lipinski definition) is 1. The first-order valence-electron chi connectivity index (χ1n) is 9.53. The summed E-state index contributed by atoms with van der Waals surface area (Å²) < 4.78 is 6.79. The summed E-state index contributed by atoms with van der Waals surface area (Å²) in [5.74, 6) is -0.368. The monoisotopic (exact) mass is 392 g/mol. The van der Waals surface area contributed by atoms with Crippen LogP contribution in [-0.2, 0) is 17.9 Å². The maximum absolute atomic E-state index is 13.5. The molecule has 2 aromatic carbocycles. The van der Waals surface area contributed by atoms with Crippen molar-refractivity contribution in [1.82, 2.24) is 9.55 Å². The van der Waals surface area contributed by atoms with Crippen molar-refractivity contribution >= 4 is 16.6 Å². The van der Waals surface area contributed by atoms with Crippen molar-refractivity contribution in [2.24, 2.45) is 0 Å². The molecule has 0 saturated heterocycles. The van der Waals surface area contributed by atoms with E-state index in [-0.39, 0.29) is 23.8 Å². The number of aromatic nitrogens is 2. The van der Waals surface area contributed by atoms with Gasteiger partial charge in [0.15, 0.2) is 0 Å². The first-order chi connectivity index (χ1) is 13.9. The Morgan fingerprint density at radius 3 is 2.55 bits per heavy atom. The molecule has 6 heteroatoms. The lowest BCUT2D eigenvalue weighted by Gasteiger charge is -2.15. The summed E-state index contributed by atoms with van der Waals surface area (Å²) in [6.45, 7) is 5.85. The highest BCUT2D eigenvalue weighted by Gasteiger charge is 2.23. The summed E-state index contributed by atoms with van der Waals surface area (Å²) in [7, 11) is 0. The van der Waals surface area contributed by atoms with E-state index < -0.39 is 11.2 Å². The van der Waals surface area contributed by atoms with Gasteiger partial charge in [-0.05, 0) is 31.0 Å². The van der Waals surface area contributed by atoms with Gasteiger partial charge < -0.3 is 4.74 Å². The maximum Gasteiger partial charge on any atom is 0.330 e. The van der Waals surface area contributed by atoms with Crippen molar-refractivity contribution in [2.75, 3.05) is 6.61 Å². The third kappa shape index (κ3) is 4.27. The molecule has 1 heterocycles. The van der Waals surface area contributed by atoms with Crippen molar-refractivity contribution in [3.05, 3.63) is 91.8 Å². The quantitative estimate of drug-likeness (QED) is 0.379. The molecule has 3 aromatic rings. The largest absolute Gasteiger partial charge is 0.357 e. The Bertz CT molecular complexity index is 1190. The normalized spacial score (nSPS) is 10.9. The lowest BCUT2D eigenvalue weighted by molar-refractivity contribution is 0.0870. The average molecular weight is 392 g/mol. The number of rotatable bonds is 7. The number of H-pyrrole nitrogens is 1. The molecule has 0 aliphatic rings. The van der Waals surface area contributed by atoms with Crippen LogP contribution in [0.2, 0.25) is 0 Å². The molecule has 0 bridgehead atoms. The first kappa shape index (κ1) is 20.5. The summed E-state index contributed by atoms with van der Waals surface area (Å²) in [6.07, 6.45) is 2.19. The van der Waals surface area contributed by atoms with Crippen molar-refractivity contribution in [1.29, 1.82) is 0 Å². The van der Waals surface area contributed by atoms with E-state index in [1.54, 1.807) is 19.1 Å². The molecule has 6 nitrogen and oxygen atoms in total. The molecular weight excluding hydrogens is 368 g/mol. The second kappa shape index (κ2) is 8.84. The van der Waals surface area contributed by atoms with Gasteiger partial charge in [0.25, 0.3) is 5.56 Å². The molecule has 0 radical (unpaired) electrons. The fraction of sp³-hybridized carbons (Fsp3) is 0.261. The fourth-order valence-corrected chi connectivity index (χ4v) is 3.24. The summed E-state index contributed by atoms with van der Waals surface area (Å²) in [5.41, 5.74) is 0.679. The molecule has 0 aliphatic heterocycles. The maximum atomic E-state index is 13.5. The standard InChI is InChI=1S/C23H24N2O4/c1-4-17-20(21(26)19-11-7-9-16-8-5-6-10-18(16)19)25(23(28)24-22(17)27)14-29-13-12-15(2)3/h5-12H,4,13-14H2,1-3H3,(H,24,27,28). The number of benzene rings is 2. The SMILES string of the molecule is CCc1c(C(=O)c2cccc3ccccc23)n(COCC=C(C)C)c(=O)[nH]c1=O. The molecule has 29 heavy (non-hydrogen) atoms. The van der Waals surface area contributed by atoms with Crippen molar-refractivity contribution < 1.29 is 9.53 Å². The number of hydrogen-bond acceptors (Lipinski definition) is 4. The number of nitrogens with one attached hydrogen (secondary N) is 1. The predicted molar refractivity (Wildman–Crippen MR) is 113 cm³/mol. The number of aromatic amines is 1. The Morgan fingerprint density at radius 1 is 1.10 bits per heavy atom. The highest BCUT2D eigenvalue weighted by atomic mass is 16.5. The van der Waals surface area contributed by atoms with Crippen LogP contribution in [0.4, 0.5) is 0 Å². The van der Waals surface area contributed by atoms with E-state index in [0.29, 0.717) is 18.6 Å². The van der Waals surface area contributed by atoms with Crippen LogP contribution in [0.1, 0.15) is 42.4 Å². The minimum absolute atomic E-state index is 0.0785. The zero-order chi connectivity index (χ0) is 21.0. The number of nitrogens with zero attached hydrogens (tertiary/aromatic N) is 1. The summed E-state index contributed by atoms with van der Waals surface area (Å²) in [5, 5.41) is 1.68. The molecule has 3 rings (SSSR count). The zero-order valence-electron chi connectivity index (χ0n) is 16.8. The van der Waals surface area contributed by atoms with Gasteiger partial charge in [-0.3, -0.25) is 19.1 Å². The molecule has 0 fully saturated rings. The molecule has 0 saturated carbocycles. The van der Waals surface area contributed by atoms with Crippen LogP contribution in [-0.4, -0.2) is 21.9 Å². The number of fused-ring (bicyclic) bond motifs is 1. The van der Waals surface area contributed by atoms with Gasteiger partial charge in [-0.15, -0.1) is 0 Å².